The first-order chi connectivity index (χ1) is 15.2. The highest BCUT2D eigenvalue weighted by atomic mass is 35.5. The second-order valence-electron chi connectivity index (χ2n) is 8.51. The van der Waals surface area contributed by atoms with Gasteiger partial charge in [0.25, 0.3) is 0 Å². The maximum atomic E-state index is 6.36. The largest absolute Gasteiger partial charge is 0.375 e. The monoisotopic (exact) mass is 437 g/mol. The van der Waals surface area contributed by atoms with Crippen LogP contribution in [0.2, 0.25) is 5.02 Å². The Kier molecular flexibility index (Phi) is 6.18. The molecular weight excluding hydrogens is 410 g/mol. The number of hydrogen-bond acceptors (Lipinski definition) is 5. The van der Waals surface area contributed by atoms with Crippen molar-refractivity contribution in [2.24, 2.45) is 0 Å². The lowest BCUT2D eigenvalue weighted by Gasteiger charge is -2.35. The molecule has 2 fully saturated rings. The first-order valence-corrected chi connectivity index (χ1v) is 11.7. The maximum absolute atomic E-state index is 6.36. The molecule has 31 heavy (non-hydrogen) atoms. The van der Waals surface area contributed by atoms with Crippen molar-refractivity contribution < 1.29 is 4.74 Å². The van der Waals surface area contributed by atoms with Crippen molar-refractivity contribution in [1.82, 2.24) is 20.2 Å². The zero-order chi connectivity index (χ0) is 21.0. The number of ether oxygens (including phenoxy) is 1. The van der Waals surface area contributed by atoms with E-state index in [2.05, 4.69) is 31.1 Å². The van der Waals surface area contributed by atoms with Gasteiger partial charge in [-0.25, -0.2) is 9.97 Å². The molecule has 0 atom stereocenters. The van der Waals surface area contributed by atoms with E-state index in [1.54, 1.807) is 0 Å². The molecule has 1 saturated carbocycles. The van der Waals surface area contributed by atoms with E-state index >= 15 is 0 Å². The smallest absolute Gasteiger partial charge is 0.183 e. The van der Waals surface area contributed by atoms with Crippen LogP contribution >= 0.6 is 11.6 Å². The quantitative estimate of drug-likeness (QED) is 0.570. The van der Waals surface area contributed by atoms with E-state index in [1.165, 1.54) is 32.1 Å². The van der Waals surface area contributed by atoms with Gasteiger partial charge in [0.2, 0.25) is 0 Å². The Morgan fingerprint density at radius 1 is 0.935 bits per heavy atom. The number of nitrogens with zero attached hydrogens (tertiary/aromatic N) is 4. The molecule has 1 N–H and O–H groups in total. The van der Waals surface area contributed by atoms with Gasteiger partial charge in [0.15, 0.2) is 11.6 Å². The fraction of sp³-hybridized carbons (Fsp3) is 0.458. The molecular formula is C24H28ClN5O. The summed E-state index contributed by atoms with van der Waals surface area (Å²) >= 11 is 6.08. The van der Waals surface area contributed by atoms with Crippen molar-refractivity contribution in [3.05, 3.63) is 47.6 Å². The van der Waals surface area contributed by atoms with Gasteiger partial charge in [0.1, 0.15) is 5.82 Å². The standard InChI is InChI=1S/C24H28ClN5O/c25-19-6-4-5-17(15-19)23-27-24(29-28-23)18-9-10-22(26-16-18)30-13-11-21(12-14-30)31-20-7-2-1-3-8-20/h4-6,9-10,15-16,20-21H,1-3,7-8,11-14H2,(H,27,28,29). The van der Waals surface area contributed by atoms with Crippen LogP contribution in [0.5, 0.6) is 0 Å². The average Bonchev–Trinajstić information content (AvgIpc) is 3.31. The van der Waals surface area contributed by atoms with Gasteiger partial charge in [-0.1, -0.05) is 43.0 Å². The Bertz CT molecular complexity index is 991. The molecule has 2 aliphatic rings. The van der Waals surface area contributed by atoms with E-state index in [9.17, 15) is 0 Å². The van der Waals surface area contributed by atoms with Crippen LogP contribution in [0, 0.1) is 0 Å². The van der Waals surface area contributed by atoms with Crippen LogP contribution in [0.25, 0.3) is 22.8 Å². The van der Waals surface area contributed by atoms with Crippen LogP contribution in [0.1, 0.15) is 44.9 Å². The minimum atomic E-state index is 0.400. The summed E-state index contributed by atoms with van der Waals surface area (Å²) < 4.78 is 6.36. The number of nitrogens with one attached hydrogen (secondary N) is 1. The number of anilines is 1. The maximum Gasteiger partial charge on any atom is 0.183 e. The van der Waals surface area contributed by atoms with Crippen molar-refractivity contribution >= 4 is 17.4 Å². The van der Waals surface area contributed by atoms with Crippen LogP contribution in [-0.4, -0.2) is 45.5 Å². The molecule has 0 spiro atoms. The molecule has 0 unspecified atom stereocenters. The second-order valence-corrected chi connectivity index (χ2v) is 8.94. The number of aromatic nitrogens is 4. The van der Waals surface area contributed by atoms with Crippen LogP contribution in [0.15, 0.2) is 42.6 Å². The van der Waals surface area contributed by atoms with Crippen molar-refractivity contribution in [1.29, 1.82) is 0 Å². The van der Waals surface area contributed by atoms with Crippen molar-refractivity contribution in [3.63, 3.8) is 0 Å². The fourth-order valence-corrected chi connectivity index (χ4v) is 4.75. The summed E-state index contributed by atoms with van der Waals surface area (Å²) in [6.45, 7) is 1.98. The van der Waals surface area contributed by atoms with Crippen molar-refractivity contribution in [2.75, 3.05) is 18.0 Å². The van der Waals surface area contributed by atoms with Gasteiger partial charge in [-0.2, -0.15) is 5.10 Å². The molecule has 6 nitrogen and oxygen atoms in total. The normalized spacial score (nSPS) is 18.4. The molecule has 2 aromatic heterocycles. The molecule has 0 bridgehead atoms. The van der Waals surface area contributed by atoms with Gasteiger partial charge >= 0.3 is 0 Å². The summed E-state index contributed by atoms with van der Waals surface area (Å²) in [6, 6.07) is 11.7. The number of piperidine rings is 1. The van der Waals surface area contributed by atoms with E-state index in [-0.39, 0.29) is 0 Å². The number of aromatic amines is 1. The topological polar surface area (TPSA) is 66.9 Å². The molecule has 1 aliphatic heterocycles. The van der Waals surface area contributed by atoms with E-state index in [4.69, 9.17) is 16.3 Å². The molecule has 162 valence electrons. The lowest BCUT2D eigenvalue weighted by atomic mass is 9.97. The predicted octanol–water partition coefficient (Wildman–Crippen LogP) is 5.51. The highest BCUT2D eigenvalue weighted by molar-refractivity contribution is 6.30. The number of H-pyrrole nitrogens is 1. The molecule has 0 amide bonds. The first kappa shape index (κ1) is 20.5. The third-order valence-corrected chi connectivity index (χ3v) is 6.53. The summed E-state index contributed by atoms with van der Waals surface area (Å²) in [6.07, 6.45) is 11.4. The molecule has 3 aromatic rings. The summed E-state index contributed by atoms with van der Waals surface area (Å²) in [5.41, 5.74) is 1.80. The zero-order valence-corrected chi connectivity index (χ0v) is 18.4. The minimum Gasteiger partial charge on any atom is -0.375 e. The summed E-state index contributed by atoms with van der Waals surface area (Å²) in [7, 11) is 0. The lowest BCUT2D eigenvalue weighted by molar-refractivity contribution is -0.0395. The third kappa shape index (κ3) is 4.91. The molecule has 1 saturated heterocycles. The Labute approximate surface area is 188 Å². The Morgan fingerprint density at radius 2 is 1.74 bits per heavy atom. The van der Waals surface area contributed by atoms with Crippen LogP contribution in [0.3, 0.4) is 0 Å². The molecule has 1 aromatic carbocycles. The second kappa shape index (κ2) is 9.37. The Hall–Kier alpha value is -2.44. The zero-order valence-electron chi connectivity index (χ0n) is 17.6. The highest BCUT2D eigenvalue weighted by Gasteiger charge is 2.24. The number of rotatable bonds is 5. The van der Waals surface area contributed by atoms with Crippen molar-refractivity contribution in [3.8, 4) is 22.8 Å². The van der Waals surface area contributed by atoms with Crippen molar-refractivity contribution in [2.45, 2.75) is 57.2 Å². The SMILES string of the molecule is Clc1cccc(-c2nc(-c3ccc(N4CCC(OC5CCCCC5)CC4)nc3)n[nH]2)c1. The van der Waals surface area contributed by atoms with E-state index < -0.39 is 0 Å². The molecule has 7 heteroatoms. The number of pyridine rings is 1. The minimum absolute atomic E-state index is 0.400. The molecule has 3 heterocycles. The van der Waals surface area contributed by atoms with Crippen LogP contribution < -0.4 is 4.90 Å². The van der Waals surface area contributed by atoms with Gasteiger partial charge in [-0.15, -0.1) is 0 Å². The Balaban J connectivity index is 1.19. The highest BCUT2D eigenvalue weighted by Crippen LogP contribution is 2.27. The summed E-state index contributed by atoms with van der Waals surface area (Å²) in [4.78, 5) is 11.6. The van der Waals surface area contributed by atoms with Gasteiger partial charge in [0.05, 0.1) is 12.2 Å². The number of benzene rings is 1. The molecule has 1 aliphatic carbocycles. The molecule has 0 radical (unpaired) electrons. The van der Waals surface area contributed by atoms with E-state index in [0.29, 0.717) is 28.9 Å². The number of hydrogen-bond donors (Lipinski definition) is 1. The van der Waals surface area contributed by atoms with Gasteiger partial charge in [-0.3, -0.25) is 5.10 Å². The summed E-state index contributed by atoms with van der Waals surface area (Å²) in [5, 5.41) is 8.02. The predicted molar refractivity (Wildman–Crippen MR) is 123 cm³/mol. The van der Waals surface area contributed by atoms with Gasteiger partial charge in [-0.05, 0) is 49.9 Å². The average molecular weight is 438 g/mol. The molecule has 5 rings (SSSR count). The lowest BCUT2D eigenvalue weighted by Crippen LogP contribution is -2.39. The fourth-order valence-electron chi connectivity index (χ4n) is 4.56. The van der Waals surface area contributed by atoms with Crippen LogP contribution in [-0.2, 0) is 4.74 Å². The van der Waals surface area contributed by atoms with E-state index in [0.717, 1.165) is 42.9 Å². The third-order valence-electron chi connectivity index (χ3n) is 6.29. The Morgan fingerprint density at radius 3 is 2.48 bits per heavy atom. The summed E-state index contributed by atoms with van der Waals surface area (Å²) in [5.74, 6) is 2.33. The van der Waals surface area contributed by atoms with Crippen LogP contribution in [0.4, 0.5) is 5.82 Å². The number of halogens is 1. The van der Waals surface area contributed by atoms with Gasteiger partial charge in [0, 0.05) is 35.4 Å². The van der Waals surface area contributed by atoms with Gasteiger partial charge < -0.3 is 9.64 Å². The first-order valence-electron chi connectivity index (χ1n) is 11.3. The van der Waals surface area contributed by atoms with E-state index in [1.807, 2.05) is 36.5 Å².